The first-order valence-corrected chi connectivity index (χ1v) is 6.74. The Balaban J connectivity index is 1.87. The van der Waals surface area contributed by atoms with Crippen molar-refractivity contribution in [1.29, 1.82) is 0 Å². The molecule has 0 atom stereocenters. The van der Waals surface area contributed by atoms with Crippen molar-refractivity contribution in [3.63, 3.8) is 0 Å². The van der Waals surface area contributed by atoms with E-state index < -0.39 is 0 Å². The minimum Gasteiger partial charge on any atom is -0.299 e. The van der Waals surface area contributed by atoms with Crippen LogP contribution in [0.25, 0.3) is 6.08 Å². The molecule has 0 saturated heterocycles. The molecule has 3 nitrogen and oxygen atoms in total. The van der Waals surface area contributed by atoms with Crippen molar-refractivity contribution in [3.05, 3.63) is 64.4 Å². The molecule has 0 aliphatic carbocycles. The maximum Gasteiger partial charge on any atom is 0.151 e. The van der Waals surface area contributed by atoms with Crippen LogP contribution >= 0.6 is 11.6 Å². The molecule has 20 heavy (non-hydrogen) atoms. The largest absolute Gasteiger partial charge is 0.299 e. The van der Waals surface area contributed by atoms with Crippen LogP contribution in [0.15, 0.2) is 42.5 Å². The van der Waals surface area contributed by atoms with Gasteiger partial charge in [-0.15, -0.1) is 5.10 Å². The number of halogens is 1. The molecule has 2 rings (SSSR count). The second-order valence-corrected chi connectivity index (χ2v) is 4.97. The number of allylic oxidation sites excluding steroid dienone is 1. The van der Waals surface area contributed by atoms with Gasteiger partial charge in [-0.1, -0.05) is 53.6 Å². The van der Waals surface area contributed by atoms with Gasteiger partial charge in [0, 0.05) is 6.42 Å². The SMILES string of the molecule is Cc1cccc(/C=C/CC(=O)Cc2ccc(Cl)nn2)c1. The van der Waals surface area contributed by atoms with Gasteiger partial charge in [-0.2, -0.15) is 5.10 Å². The Labute approximate surface area is 123 Å². The number of hydrogen-bond donors (Lipinski definition) is 0. The fourth-order valence-electron chi connectivity index (χ4n) is 1.81. The lowest BCUT2D eigenvalue weighted by molar-refractivity contribution is -0.117. The first-order chi connectivity index (χ1) is 9.63. The third kappa shape index (κ3) is 4.59. The van der Waals surface area contributed by atoms with Gasteiger partial charge in [0.1, 0.15) is 5.78 Å². The van der Waals surface area contributed by atoms with E-state index in [1.807, 2.05) is 37.3 Å². The number of aryl methyl sites for hydroxylation is 1. The number of ketones is 1. The van der Waals surface area contributed by atoms with E-state index in [9.17, 15) is 4.79 Å². The average molecular weight is 287 g/mol. The van der Waals surface area contributed by atoms with Crippen LogP contribution in [0.3, 0.4) is 0 Å². The van der Waals surface area contributed by atoms with E-state index in [0.717, 1.165) is 5.56 Å². The molecule has 4 heteroatoms. The van der Waals surface area contributed by atoms with Gasteiger partial charge in [0.15, 0.2) is 5.15 Å². The zero-order valence-electron chi connectivity index (χ0n) is 11.2. The molecule has 0 aliphatic rings. The first-order valence-electron chi connectivity index (χ1n) is 6.36. The predicted molar refractivity (Wildman–Crippen MR) is 80.6 cm³/mol. The van der Waals surface area contributed by atoms with Crippen molar-refractivity contribution in [3.8, 4) is 0 Å². The summed E-state index contributed by atoms with van der Waals surface area (Å²) in [6.45, 7) is 2.04. The van der Waals surface area contributed by atoms with E-state index in [-0.39, 0.29) is 12.2 Å². The summed E-state index contributed by atoms with van der Waals surface area (Å²) in [4.78, 5) is 11.8. The molecule has 2 aromatic rings. The van der Waals surface area contributed by atoms with E-state index >= 15 is 0 Å². The third-order valence-electron chi connectivity index (χ3n) is 2.76. The minimum atomic E-state index is 0.102. The summed E-state index contributed by atoms with van der Waals surface area (Å²) < 4.78 is 0. The van der Waals surface area contributed by atoms with Crippen LogP contribution in [0.1, 0.15) is 23.2 Å². The number of carbonyl (C=O) groups is 1. The molecule has 0 spiro atoms. The van der Waals surface area contributed by atoms with Crippen molar-refractivity contribution in [2.24, 2.45) is 0 Å². The van der Waals surface area contributed by atoms with Gasteiger partial charge in [-0.3, -0.25) is 4.79 Å². The van der Waals surface area contributed by atoms with E-state index in [1.54, 1.807) is 12.1 Å². The van der Waals surface area contributed by atoms with E-state index in [1.165, 1.54) is 5.56 Å². The van der Waals surface area contributed by atoms with E-state index in [2.05, 4.69) is 16.3 Å². The van der Waals surface area contributed by atoms with Crippen molar-refractivity contribution in [2.75, 3.05) is 0 Å². The number of nitrogens with zero attached hydrogens (tertiary/aromatic N) is 2. The van der Waals surface area contributed by atoms with Crippen LogP contribution in [-0.4, -0.2) is 16.0 Å². The molecule has 0 unspecified atom stereocenters. The lowest BCUT2D eigenvalue weighted by Crippen LogP contribution is -2.03. The fraction of sp³-hybridized carbons (Fsp3) is 0.188. The normalized spacial score (nSPS) is 10.9. The van der Waals surface area contributed by atoms with Crippen molar-refractivity contribution < 1.29 is 4.79 Å². The third-order valence-corrected chi connectivity index (χ3v) is 2.97. The Bertz CT molecular complexity index is 621. The number of Topliss-reactive ketones (excluding diaryl/α,β-unsaturated/α-hetero) is 1. The van der Waals surface area contributed by atoms with Crippen LogP contribution in [0.2, 0.25) is 5.15 Å². The lowest BCUT2D eigenvalue weighted by atomic mass is 10.1. The number of aromatic nitrogens is 2. The molecule has 1 aromatic carbocycles. The van der Waals surface area contributed by atoms with Gasteiger partial charge >= 0.3 is 0 Å². The summed E-state index contributed by atoms with van der Waals surface area (Å²) in [6, 6.07) is 11.5. The lowest BCUT2D eigenvalue weighted by Gasteiger charge is -1.98. The maximum atomic E-state index is 11.8. The molecule has 1 heterocycles. The summed E-state index contributed by atoms with van der Waals surface area (Å²) in [5.74, 6) is 0.102. The van der Waals surface area contributed by atoms with Gasteiger partial charge in [-0.05, 0) is 24.6 Å². The number of hydrogen-bond acceptors (Lipinski definition) is 3. The summed E-state index contributed by atoms with van der Waals surface area (Å²) in [6.07, 6.45) is 4.50. The zero-order chi connectivity index (χ0) is 14.4. The van der Waals surface area contributed by atoms with Gasteiger partial charge in [0.05, 0.1) is 12.1 Å². The smallest absolute Gasteiger partial charge is 0.151 e. The molecular weight excluding hydrogens is 272 g/mol. The van der Waals surface area contributed by atoms with Crippen molar-refractivity contribution in [2.45, 2.75) is 19.8 Å². The Morgan fingerprint density at radius 3 is 2.80 bits per heavy atom. The van der Waals surface area contributed by atoms with Crippen LogP contribution in [0.5, 0.6) is 0 Å². The second kappa shape index (κ2) is 6.96. The molecule has 0 fully saturated rings. The molecule has 0 radical (unpaired) electrons. The molecule has 0 N–H and O–H groups in total. The molecule has 0 saturated carbocycles. The van der Waals surface area contributed by atoms with E-state index in [4.69, 9.17) is 11.6 Å². The zero-order valence-corrected chi connectivity index (χ0v) is 12.0. The summed E-state index contributed by atoms with van der Waals surface area (Å²) >= 11 is 5.64. The standard InChI is InChI=1S/C16H15ClN2O/c1-12-4-2-5-13(10-12)6-3-7-15(20)11-14-8-9-16(17)19-18-14/h2-6,8-10H,7,11H2,1H3/b6-3+. The molecule has 102 valence electrons. The van der Waals surface area contributed by atoms with Crippen LogP contribution in [0, 0.1) is 6.92 Å². The number of benzene rings is 1. The molecule has 0 amide bonds. The molecular formula is C16H15ClN2O. The fourth-order valence-corrected chi connectivity index (χ4v) is 1.91. The molecule has 0 aliphatic heterocycles. The van der Waals surface area contributed by atoms with Crippen molar-refractivity contribution >= 4 is 23.5 Å². The summed E-state index contributed by atoms with van der Waals surface area (Å²) in [5, 5.41) is 7.92. The van der Waals surface area contributed by atoms with Gasteiger partial charge < -0.3 is 0 Å². The number of carbonyl (C=O) groups excluding carboxylic acids is 1. The molecule has 1 aromatic heterocycles. The van der Waals surface area contributed by atoms with Crippen LogP contribution < -0.4 is 0 Å². The quantitative estimate of drug-likeness (QED) is 0.842. The van der Waals surface area contributed by atoms with Crippen LogP contribution in [-0.2, 0) is 11.2 Å². The van der Waals surface area contributed by atoms with Gasteiger partial charge in [0.2, 0.25) is 0 Å². The van der Waals surface area contributed by atoms with Crippen molar-refractivity contribution in [1.82, 2.24) is 10.2 Å². The second-order valence-electron chi connectivity index (χ2n) is 4.58. The highest BCUT2D eigenvalue weighted by molar-refractivity contribution is 6.29. The maximum absolute atomic E-state index is 11.8. The van der Waals surface area contributed by atoms with Gasteiger partial charge in [-0.25, -0.2) is 0 Å². The van der Waals surface area contributed by atoms with E-state index in [0.29, 0.717) is 17.3 Å². The summed E-state index contributed by atoms with van der Waals surface area (Å²) in [7, 11) is 0. The highest BCUT2D eigenvalue weighted by atomic mass is 35.5. The number of rotatable bonds is 5. The van der Waals surface area contributed by atoms with Crippen LogP contribution in [0.4, 0.5) is 0 Å². The minimum absolute atomic E-state index is 0.102. The Morgan fingerprint density at radius 1 is 1.25 bits per heavy atom. The van der Waals surface area contributed by atoms with Gasteiger partial charge in [0.25, 0.3) is 0 Å². The highest BCUT2D eigenvalue weighted by Crippen LogP contribution is 2.07. The Hall–Kier alpha value is -2.00. The Morgan fingerprint density at radius 2 is 2.10 bits per heavy atom. The summed E-state index contributed by atoms with van der Waals surface area (Å²) in [5.41, 5.74) is 2.95. The highest BCUT2D eigenvalue weighted by Gasteiger charge is 2.03. The first kappa shape index (κ1) is 14.4. The predicted octanol–water partition coefficient (Wildman–Crippen LogP) is 3.65. The Kier molecular flexibility index (Phi) is 5.02. The topological polar surface area (TPSA) is 42.9 Å². The monoisotopic (exact) mass is 286 g/mol. The molecule has 0 bridgehead atoms. The average Bonchev–Trinajstić information content (AvgIpc) is 2.41.